The first-order chi connectivity index (χ1) is 10.4. The van der Waals surface area contributed by atoms with Crippen LogP contribution in [-0.2, 0) is 6.54 Å². The van der Waals surface area contributed by atoms with Gasteiger partial charge in [0.25, 0.3) is 0 Å². The lowest BCUT2D eigenvalue weighted by atomic mass is 10.0. The van der Waals surface area contributed by atoms with E-state index in [0.29, 0.717) is 11.7 Å². The average Bonchev–Trinajstić information content (AvgIpc) is 2.82. The van der Waals surface area contributed by atoms with E-state index >= 15 is 0 Å². The Morgan fingerprint density at radius 1 is 1.32 bits per heavy atom. The molecule has 0 fully saturated rings. The van der Waals surface area contributed by atoms with Crippen LogP contribution in [0.4, 0.5) is 19.0 Å². The van der Waals surface area contributed by atoms with E-state index in [1.807, 2.05) is 19.1 Å². The monoisotopic (exact) mass is 309 g/mol. The summed E-state index contributed by atoms with van der Waals surface area (Å²) in [6.45, 7) is 0.934. The van der Waals surface area contributed by atoms with E-state index in [9.17, 15) is 13.2 Å². The van der Waals surface area contributed by atoms with Gasteiger partial charge in [0.1, 0.15) is 6.54 Å². The summed E-state index contributed by atoms with van der Waals surface area (Å²) < 4.78 is 37.9. The Hall–Kier alpha value is -2.35. The van der Waals surface area contributed by atoms with Crippen molar-refractivity contribution >= 4 is 11.7 Å². The lowest BCUT2D eigenvalue weighted by Crippen LogP contribution is -2.50. The lowest BCUT2D eigenvalue weighted by molar-refractivity contribution is -0.151. The highest BCUT2D eigenvalue weighted by atomic mass is 19.4. The van der Waals surface area contributed by atoms with Crippen molar-refractivity contribution in [2.45, 2.75) is 19.6 Å². The Balaban J connectivity index is 1.95. The number of rotatable bonds is 2. The fourth-order valence-corrected chi connectivity index (χ4v) is 2.32. The highest BCUT2D eigenvalue weighted by molar-refractivity contribution is 6.01. The minimum atomic E-state index is -4.28. The number of aromatic nitrogens is 2. The highest BCUT2D eigenvalue weighted by Gasteiger charge is 2.33. The molecule has 0 aliphatic carbocycles. The number of nitrogens with one attached hydrogen (secondary N) is 2. The van der Waals surface area contributed by atoms with Crippen LogP contribution in [0, 0.1) is 6.92 Å². The van der Waals surface area contributed by atoms with Gasteiger partial charge < -0.3 is 5.43 Å². The van der Waals surface area contributed by atoms with Crippen molar-refractivity contribution in [2.24, 2.45) is 4.99 Å². The quantitative estimate of drug-likeness (QED) is 0.897. The van der Waals surface area contributed by atoms with Gasteiger partial charge in [0.2, 0.25) is 0 Å². The molecule has 0 amide bonds. The van der Waals surface area contributed by atoms with Crippen LogP contribution in [-0.4, -0.2) is 33.8 Å². The molecule has 1 aliphatic rings. The van der Waals surface area contributed by atoms with Crippen molar-refractivity contribution in [2.75, 3.05) is 6.54 Å². The van der Waals surface area contributed by atoms with E-state index in [2.05, 4.69) is 20.6 Å². The van der Waals surface area contributed by atoms with Crippen molar-refractivity contribution in [3.63, 3.8) is 0 Å². The molecule has 1 aromatic carbocycles. The van der Waals surface area contributed by atoms with Crippen LogP contribution >= 0.6 is 0 Å². The topological polar surface area (TPSA) is 56.3 Å². The van der Waals surface area contributed by atoms with E-state index in [1.165, 1.54) is 0 Å². The molecule has 0 unspecified atom stereocenters. The molecule has 5 nitrogen and oxygen atoms in total. The lowest BCUT2D eigenvalue weighted by Gasteiger charge is -2.31. The Morgan fingerprint density at radius 3 is 2.77 bits per heavy atom. The van der Waals surface area contributed by atoms with Crippen LogP contribution in [0.15, 0.2) is 35.3 Å². The second-order valence-corrected chi connectivity index (χ2v) is 5.11. The first-order valence-electron chi connectivity index (χ1n) is 6.68. The maximum absolute atomic E-state index is 12.6. The molecule has 0 bridgehead atoms. The Kier molecular flexibility index (Phi) is 3.61. The van der Waals surface area contributed by atoms with Crippen LogP contribution in [0.1, 0.15) is 16.8 Å². The molecule has 0 radical (unpaired) electrons. The number of amidine groups is 1. The van der Waals surface area contributed by atoms with Gasteiger partial charge in [0.05, 0.1) is 0 Å². The van der Waals surface area contributed by atoms with Crippen molar-refractivity contribution in [3.8, 4) is 0 Å². The standard InChI is InChI=1S/C14H14F3N5/c1-9-6-12(20-19-9)18-13-11-5-3-2-4-10(11)7-22(21-13)8-14(15,16)17/h2-6H,7-8H2,1H3,(H2,18,19,20,21). The molecule has 8 heteroatoms. The normalized spacial score (nSPS) is 17.4. The fraction of sp³-hybridized carbons (Fsp3) is 0.286. The summed E-state index contributed by atoms with van der Waals surface area (Å²) in [7, 11) is 0. The summed E-state index contributed by atoms with van der Waals surface area (Å²) in [5, 5.41) is 7.84. The first kappa shape index (κ1) is 14.6. The first-order valence-corrected chi connectivity index (χ1v) is 6.68. The van der Waals surface area contributed by atoms with Gasteiger partial charge in [0, 0.05) is 23.9 Å². The Morgan fingerprint density at radius 2 is 2.09 bits per heavy atom. The molecule has 0 spiro atoms. The number of aryl methyl sites for hydroxylation is 1. The van der Waals surface area contributed by atoms with Crippen molar-refractivity contribution in [1.82, 2.24) is 20.6 Å². The van der Waals surface area contributed by atoms with Gasteiger partial charge in [-0.05, 0) is 12.5 Å². The number of H-pyrrole nitrogens is 1. The van der Waals surface area contributed by atoms with Crippen molar-refractivity contribution < 1.29 is 13.2 Å². The number of hydrazine groups is 1. The molecule has 2 aromatic rings. The van der Waals surface area contributed by atoms with E-state index < -0.39 is 12.7 Å². The van der Waals surface area contributed by atoms with Crippen LogP contribution in [0.3, 0.4) is 0 Å². The number of hydrogen-bond donors (Lipinski definition) is 2. The van der Waals surface area contributed by atoms with Crippen molar-refractivity contribution in [3.05, 3.63) is 47.2 Å². The summed E-state index contributed by atoms with van der Waals surface area (Å²) in [5.41, 5.74) is 5.13. The second kappa shape index (κ2) is 5.45. The second-order valence-electron chi connectivity index (χ2n) is 5.11. The van der Waals surface area contributed by atoms with Crippen LogP contribution in [0.5, 0.6) is 0 Å². The van der Waals surface area contributed by atoms with Gasteiger partial charge >= 0.3 is 6.18 Å². The van der Waals surface area contributed by atoms with E-state index in [0.717, 1.165) is 21.8 Å². The molecule has 116 valence electrons. The number of fused-ring (bicyclic) bond motifs is 1. The van der Waals surface area contributed by atoms with E-state index in [-0.39, 0.29) is 6.54 Å². The zero-order valence-electron chi connectivity index (χ0n) is 11.8. The molecule has 0 atom stereocenters. The Labute approximate surface area is 124 Å². The molecule has 22 heavy (non-hydrogen) atoms. The van der Waals surface area contributed by atoms with Gasteiger partial charge in [0.15, 0.2) is 11.7 Å². The van der Waals surface area contributed by atoms with E-state index in [1.54, 1.807) is 18.2 Å². The number of benzene rings is 1. The molecule has 0 saturated heterocycles. The molecule has 1 aliphatic heterocycles. The minimum Gasteiger partial charge on any atom is -0.302 e. The molecular formula is C14H14F3N5. The minimum absolute atomic E-state index is 0.161. The summed E-state index contributed by atoms with van der Waals surface area (Å²) in [5.74, 6) is 0.779. The number of aliphatic imine (C=N–C) groups is 1. The maximum Gasteiger partial charge on any atom is 0.403 e. The number of nitrogens with zero attached hydrogens (tertiary/aromatic N) is 3. The molecule has 0 saturated carbocycles. The summed E-state index contributed by atoms with van der Waals surface area (Å²) in [6, 6.07) is 8.97. The number of aromatic amines is 1. The zero-order chi connectivity index (χ0) is 15.7. The molecule has 3 rings (SSSR count). The molecule has 2 heterocycles. The molecule has 1 aromatic heterocycles. The Bertz CT molecular complexity index is 704. The largest absolute Gasteiger partial charge is 0.403 e. The summed E-state index contributed by atoms with van der Waals surface area (Å²) in [4.78, 5) is 4.31. The van der Waals surface area contributed by atoms with Gasteiger partial charge in [-0.1, -0.05) is 24.3 Å². The third-order valence-corrected chi connectivity index (χ3v) is 3.19. The third kappa shape index (κ3) is 3.28. The number of alkyl halides is 3. The fourth-order valence-electron chi connectivity index (χ4n) is 2.32. The van der Waals surface area contributed by atoms with Gasteiger partial charge in [-0.3, -0.25) is 5.10 Å². The smallest absolute Gasteiger partial charge is 0.302 e. The summed E-state index contributed by atoms with van der Waals surface area (Å²) >= 11 is 0. The average molecular weight is 309 g/mol. The SMILES string of the molecule is Cc1cc(N=C2NN(CC(F)(F)F)Cc3ccccc32)n[nH]1. The predicted octanol–water partition coefficient (Wildman–Crippen LogP) is 2.68. The number of halogens is 3. The van der Waals surface area contributed by atoms with Gasteiger partial charge in [-0.15, -0.1) is 0 Å². The van der Waals surface area contributed by atoms with Crippen LogP contribution in [0.25, 0.3) is 0 Å². The van der Waals surface area contributed by atoms with Crippen LogP contribution in [0.2, 0.25) is 0 Å². The predicted molar refractivity (Wildman–Crippen MR) is 75.6 cm³/mol. The maximum atomic E-state index is 12.6. The van der Waals surface area contributed by atoms with Gasteiger partial charge in [-0.2, -0.15) is 18.3 Å². The highest BCUT2D eigenvalue weighted by Crippen LogP contribution is 2.23. The van der Waals surface area contributed by atoms with E-state index in [4.69, 9.17) is 0 Å². The van der Waals surface area contributed by atoms with Crippen molar-refractivity contribution in [1.29, 1.82) is 0 Å². The van der Waals surface area contributed by atoms with Gasteiger partial charge in [-0.25, -0.2) is 10.0 Å². The molecular weight excluding hydrogens is 295 g/mol. The summed E-state index contributed by atoms with van der Waals surface area (Å²) in [6.07, 6.45) is -4.28. The third-order valence-electron chi connectivity index (χ3n) is 3.19. The molecule has 2 N–H and O–H groups in total. The zero-order valence-corrected chi connectivity index (χ0v) is 11.8. The van der Waals surface area contributed by atoms with Crippen LogP contribution < -0.4 is 5.43 Å². The number of hydrogen-bond acceptors (Lipinski definition) is 3.